The minimum atomic E-state index is -1.02. The molecule has 0 aliphatic carbocycles. The van der Waals surface area contributed by atoms with Gasteiger partial charge >= 0.3 is 5.97 Å². The molecule has 0 spiro atoms. The molecule has 4 heteroatoms. The Morgan fingerprint density at radius 3 is 2.53 bits per heavy atom. The van der Waals surface area contributed by atoms with Crippen LogP contribution in [0.15, 0.2) is 41.1 Å². The van der Waals surface area contributed by atoms with E-state index in [-0.39, 0.29) is 5.56 Å². The van der Waals surface area contributed by atoms with Crippen molar-refractivity contribution in [2.24, 2.45) is 0 Å². The largest absolute Gasteiger partial charge is 0.478 e. The molecule has 2 rings (SSSR count). The average molecular weight is 231 g/mol. The molecule has 4 nitrogen and oxygen atoms in total. The van der Waals surface area contributed by atoms with E-state index in [2.05, 4.69) is 5.16 Å². The van der Waals surface area contributed by atoms with E-state index >= 15 is 0 Å². The summed E-state index contributed by atoms with van der Waals surface area (Å²) in [5.74, 6) is -0.651. The molecule has 2 aromatic rings. The van der Waals surface area contributed by atoms with E-state index in [1.54, 1.807) is 0 Å². The first-order valence-electron chi connectivity index (χ1n) is 5.27. The summed E-state index contributed by atoms with van der Waals surface area (Å²) in [5.41, 5.74) is 0.573. The molecule has 1 aromatic carbocycles. The maximum Gasteiger partial charge on any atom is 0.341 e. The maximum absolute atomic E-state index is 11.1. The zero-order valence-corrected chi connectivity index (χ0v) is 9.68. The maximum atomic E-state index is 11.1. The van der Waals surface area contributed by atoms with E-state index in [1.807, 2.05) is 44.2 Å². The van der Waals surface area contributed by atoms with Gasteiger partial charge in [0.2, 0.25) is 0 Å². The summed E-state index contributed by atoms with van der Waals surface area (Å²) in [6.45, 7) is 3.82. The number of nitrogens with zero attached hydrogens (tertiary/aromatic N) is 1. The molecule has 0 aliphatic heterocycles. The van der Waals surface area contributed by atoms with Gasteiger partial charge in [-0.15, -0.1) is 0 Å². The first-order chi connectivity index (χ1) is 8.03. The van der Waals surface area contributed by atoms with Crippen molar-refractivity contribution in [1.82, 2.24) is 5.16 Å². The van der Waals surface area contributed by atoms with E-state index in [0.717, 1.165) is 5.56 Å². The summed E-state index contributed by atoms with van der Waals surface area (Å²) in [5, 5.41) is 12.6. The lowest BCUT2D eigenvalue weighted by molar-refractivity contribution is 0.0692. The Morgan fingerprint density at radius 2 is 1.94 bits per heavy atom. The minimum absolute atomic E-state index is 0.110. The molecule has 0 aliphatic rings. The predicted octanol–water partition coefficient (Wildman–Crippen LogP) is 2.70. The van der Waals surface area contributed by atoms with Gasteiger partial charge in [-0.05, 0) is 19.4 Å². The van der Waals surface area contributed by atoms with Crippen molar-refractivity contribution in [1.29, 1.82) is 0 Å². The number of carboxylic acid groups (broad SMARTS) is 1. The van der Waals surface area contributed by atoms with Crippen LogP contribution in [-0.4, -0.2) is 16.2 Å². The van der Waals surface area contributed by atoms with E-state index in [9.17, 15) is 4.79 Å². The van der Waals surface area contributed by atoms with Crippen molar-refractivity contribution in [3.63, 3.8) is 0 Å². The summed E-state index contributed by atoms with van der Waals surface area (Å²) < 4.78 is 5.11. The first-order valence-corrected chi connectivity index (χ1v) is 5.27. The van der Waals surface area contributed by atoms with Gasteiger partial charge in [0.25, 0.3) is 0 Å². The summed E-state index contributed by atoms with van der Waals surface area (Å²) in [6, 6.07) is 9.61. The second-order valence-electron chi connectivity index (χ2n) is 4.36. The molecule has 0 fully saturated rings. The molecule has 1 aromatic heterocycles. The minimum Gasteiger partial charge on any atom is -0.478 e. The third kappa shape index (κ3) is 1.93. The van der Waals surface area contributed by atoms with Crippen LogP contribution in [0.5, 0.6) is 0 Å². The SMILES string of the molecule is CC(C)(c1ccccc1)c1oncc1C(=O)O. The highest BCUT2D eigenvalue weighted by molar-refractivity contribution is 5.88. The quantitative estimate of drug-likeness (QED) is 0.882. The van der Waals surface area contributed by atoms with Crippen LogP contribution in [-0.2, 0) is 5.41 Å². The molecule has 0 unspecified atom stereocenters. The van der Waals surface area contributed by atoms with Crippen molar-refractivity contribution >= 4 is 5.97 Å². The smallest absolute Gasteiger partial charge is 0.341 e. The van der Waals surface area contributed by atoms with Crippen LogP contribution in [0.1, 0.15) is 35.5 Å². The van der Waals surface area contributed by atoms with Crippen molar-refractivity contribution in [2.75, 3.05) is 0 Å². The normalized spacial score (nSPS) is 11.4. The van der Waals surface area contributed by atoms with Gasteiger partial charge in [0.05, 0.1) is 11.6 Å². The van der Waals surface area contributed by atoms with Gasteiger partial charge in [0.15, 0.2) is 5.76 Å². The van der Waals surface area contributed by atoms with Crippen LogP contribution in [0.2, 0.25) is 0 Å². The highest BCUT2D eigenvalue weighted by Crippen LogP contribution is 2.33. The summed E-state index contributed by atoms with van der Waals surface area (Å²) in [7, 11) is 0. The number of aromatic carboxylic acids is 1. The van der Waals surface area contributed by atoms with E-state index in [0.29, 0.717) is 5.76 Å². The third-order valence-corrected chi connectivity index (χ3v) is 2.86. The number of hydrogen-bond donors (Lipinski definition) is 1. The van der Waals surface area contributed by atoms with Gasteiger partial charge < -0.3 is 9.63 Å². The van der Waals surface area contributed by atoms with Crippen LogP contribution in [0.4, 0.5) is 0 Å². The zero-order valence-electron chi connectivity index (χ0n) is 9.68. The number of carbonyl (C=O) groups is 1. The Balaban J connectivity index is 2.52. The fourth-order valence-corrected chi connectivity index (χ4v) is 1.83. The summed E-state index contributed by atoms with van der Waals surface area (Å²) in [4.78, 5) is 11.1. The molecule has 1 N–H and O–H groups in total. The Morgan fingerprint density at radius 1 is 1.29 bits per heavy atom. The lowest BCUT2D eigenvalue weighted by atomic mass is 9.81. The summed E-state index contributed by atoms with van der Waals surface area (Å²) >= 11 is 0. The highest BCUT2D eigenvalue weighted by atomic mass is 16.5. The molecule has 1 heterocycles. The highest BCUT2D eigenvalue weighted by Gasteiger charge is 2.32. The van der Waals surface area contributed by atoms with Gasteiger partial charge in [-0.2, -0.15) is 0 Å². The fourth-order valence-electron chi connectivity index (χ4n) is 1.83. The molecule has 0 amide bonds. The van der Waals surface area contributed by atoms with E-state index < -0.39 is 11.4 Å². The van der Waals surface area contributed by atoms with Crippen molar-refractivity contribution in [2.45, 2.75) is 19.3 Å². The zero-order chi connectivity index (χ0) is 12.5. The third-order valence-electron chi connectivity index (χ3n) is 2.86. The van der Waals surface area contributed by atoms with E-state index in [4.69, 9.17) is 9.63 Å². The molecule has 0 saturated heterocycles. The number of carboxylic acids is 1. The summed E-state index contributed by atoms with van der Waals surface area (Å²) in [6.07, 6.45) is 1.24. The second kappa shape index (κ2) is 4.05. The molecule has 17 heavy (non-hydrogen) atoms. The lowest BCUT2D eigenvalue weighted by Gasteiger charge is -2.22. The lowest BCUT2D eigenvalue weighted by Crippen LogP contribution is -2.21. The molecule has 0 bridgehead atoms. The van der Waals surface area contributed by atoms with Gasteiger partial charge in [-0.25, -0.2) is 4.79 Å². The number of benzene rings is 1. The van der Waals surface area contributed by atoms with Crippen LogP contribution in [0, 0.1) is 0 Å². The first kappa shape index (κ1) is 11.4. The molecular formula is C13H13NO3. The molecular weight excluding hydrogens is 218 g/mol. The second-order valence-corrected chi connectivity index (χ2v) is 4.36. The molecule has 0 radical (unpaired) electrons. The fraction of sp³-hybridized carbons (Fsp3) is 0.231. The average Bonchev–Trinajstić information content (AvgIpc) is 2.80. The Labute approximate surface area is 98.9 Å². The molecule has 88 valence electrons. The standard InChI is InChI=1S/C13H13NO3/c1-13(2,9-6-4-3-5-7-9)11-10(12(15)16)8-14-17-11/h3-8H,1-2H3,(H,15,16). The van der Waals surface area contributed by atoms with Crippen LogP contribution >= 0.6 is 0 Å². The monoisotopic (exact) mass is 231 g/mol. The van der Waals surface area contributed by atoms with Gasteiger partial charge in [-0.1, -0.05) is 35.5 Å². The molecule has 0 atom stereocenters. The van der Waals surface area contributed by atoms with Crippen molar-refractivity contribution < 1.29 is 14.4 Å². The van der Waals surface area contributed by atoms with Crippen molar-refractivity contribution in [3.8, 4) is 0 Å². The van der Waals surface area contributed by atoms with E-state index in [1.165, 1.54) is 6.20 Å². The number of rotatable bonds is 3. The Hall–Kier alpha value is -2.10. The number of aromatic nitrogens is 1. The van der Waals surface area contributed by atoms with Gasteiger partial charge in [0.1, 0.15) is 5.56 Å². The van der Waals surface area contributed by atoms with Crippen LogP contribution in [0.25, 0.3) is 0 Å². The predicted molar refractivity (Wildman–Crippen MR) is 62.0 cm³/mol. The Kier molecular flexibility index (Phi) is 2.71. The van der Waals surface area contributed by atoms with Gasteiger partial charge in [0, 0.05) is 0 Å². The van der Waals surface area contributed by atoms with Gasteiger partial charge in [-0.3, -0.25) is 0 Å². The molecule has 0 saturated carbocycles. The van der Waals surface area contributed by atoms with Crippen molar-refractivity contribution in [3.05, 3.63) is 53.4 Å². The topological polar surface area (TPSA) is 63.3 Å². The van der Waals surface area contributed by atoms with Crippen LogP contribution in [0.3, 0.4) is 0 Å². The van der Waals surface area contributed by atoms with Crippen LogP contribution < -0.4 is 0 Å². The number of hydrogen-bond acceptors (Lipinski definition) is 3. The Bertz CT molecular complexity index is 529.